The van der Waals surface area contributed by atoms with Gasteiger partial charge in [-0.25, -0.2) is 18.0 Å². The van der Waals surface area contributed by atoms with Gasteiger partial charge in [-0.1, -0.05) is 0 Å². The molecule has 2 aromatic rings. The molecule has 1 aliphatic heterocycles. The van der Waals surface area contributed by atoms with Crippen LogP contribution in [-0.2, 0) is 13.0 Å². The van der Waals surface area contributed by atoms with Gasteiger partial charge in [0.2, 0.25) is 0 Å². The highest BCUT2D eigenvalue weighted by Crippen LogP contribution is 2.50. The number of aromatic nitrogens is 3. The highest BCUT2D eigenvalue weighted by molar-refractivity contribution is 5.74. The number of hydrogen-bond acceptors (Lipinski definition) is 3. The van der Waals surface area contributed by atoms with Crippen molar-refractivity contribution in [2.24, 2.45) is 5.92 Å². The van der Waals surface area contributed by atoms with Gasteiger partial charge in [-0.05, 0) is 37.1 Å². The van der Waals surface area contributed by atoms with Crippen LogP contribution in [0.25, 0.3) is 11.4 Å². The first kappa shape index (κ1) is 17.8. The van der Waals surface area contributed by atoms with Gasteiger partial charge in [0.25, 0.3) is 5.92 Å². The molecule has 2 aliphatic rings. The van der Waals surface area contributed by atoms with Crippen LogP contribution < -0.4 is 10.6 Å². The SMILES string of the molecule is O=C(NCCC1CC1(F)F)NC1CCc2nnc(-c3ccc(F)cc3)n2C1. The van der Waals surface area contributed by atoms with Gasteiger partial charge in [0.05, 0.1) is 0 Å². The third-order valence-corrected chi connectivity index (χ3v) is 5.12. The molecule has 2 heterocycles. The van der Waals surface area contributed by atoms with E-state index in [1.807, 2.05) is 4.57 Å². The van der Waals surface area contributed by atoms with Crippen LogP contribution in [-0.4, -0.2) is 39.3 Å². The summed E-state index contributed by atoms with van der Waals surface area (Å²) < 4.78 is 40.7. The number of fused-ring (bicyclic) bond motifs is 1. The molecule has 1 fully saturated rings. The van der Waals surface area contributed by atoms with E-state index in [2.05, 4.69) is 20.8 Å². The summed E-state index contributed by atoms with van der Waals surface area (Å²) >= 11 is 0. The Kier molecular flexibility index (Phi) is 4.53. The maximum Gasteiger partial charge on any atom is 0.315 e. The monoisotopic (exact) mass is 379 g/mol. The lowest BCUT2D eigenvalue weighted by molar-refractivity contribution is 0.0971. The molecule has 0 saturated heterocycles. The molecular weight excluding hydrogens is 359 g/mol. The summed E-state index contributed by atoms with van der Waals surface area (Å²) in [5.74, 6) is -2.03. The van der Waals surface area contributed by atoms with Crippen molar-refractivity contribution in [2.45, 2.75) is 44.2 Å². The molecule has 27 heavy (non-hydrogen) atoms. The van der Waals surface area contributed by atoms with Crippen molar-refractivity contribution in [1.29, 1.82) is 0 Å². The molecule has 144 valence electrons. The van der Waals surface area contributed by atoms with Gasteiger partial charge in [0.1, 0.15) is 11.6 Å². The number of carbonyl (C=O) groups excluding carboxylic acids is 1. The fourth-order valence-corrected chi connectivity index (χ4v) is 3.44. The van der Waals surface area contributed by atoms with Gasteiger partial charge < -0.3 is 15.2 Å². The lowest BCUT2D eigenvalue weighted by atomic mass is 10.1. The molecule has 2 atom stereocenters. The summed E-state index contributed by atoms with van der Waals surface area (Å²) in [7, 11) is 0. The Morgan fingerprint density at radius 1 is 1.26 bits per heavy atom. The second kappa shape index (κ2) is 6.86. The number of alkyl halides is 2. The Bertz CT molecular complexity index is 836. The van der Waals surface area contributed by atoms with Crippen molar-refractivity contribution in [2.75, 3.05) is 6.54 Å². The second-order valence-corrected chi connectivity index (χ2v) is 7.14. The highest BCUT2D eigenvalue weighted by atomic mass is 19.3. The molecule has 2 unspecified atom stereocenters. The van der Waals surface area contributed by atoms with E-state index in [1.165, 1.54) is 12.1 Å². The van der Waals surface area contributed by atoms with Crippen LogP contribution in [0.1, 0.15) is 25.1 Å². The number of halogens is 3. The topological polar surface area (TPSA) is 71.8 Å². The minimum absolute atomic E-state index is 0.0819. The number of carbonyl (C=O) groups is 1. The fraction of sp³-hybridized carbons (Fsp3) is 0.500. The van der Waals surface area contributed by atoms with E-state index < -0.39 is 11.8 Å². The predicted molar refractivity (Wildman–Crippen MR) is 91.7 cm³/mol. The van der Waals surface area contributed by atoms with E-state index in [0.29, 0.717) is 18.8 Å². The van der Waals surface area contributed by atoms with Crippen molar-refractivity contribution in [3.8, 4) is 11.4 Å². The molecule has 0 spiro atoms. The van der Waals surface area contributed by atoms with Gasteiger partial charge in [-0.15, -0.1) is 10.2 Å². The number of rotatable bonds is 5. The Balaban J connectivity index is 1.33. The van der Waals surface area contributed by atoms with Gasteiger partial charge >= 0.3 is 6.03 Å². The summed E-state index contributed by atoms with van der Waals surface area (Å²) in [5, 5.41) is 13.9. The number of nitrogens with zero attached hydrogens (tertiary/aromatic N) is 3. The van der Waals surface area contributed by atoms with Crippen LogP contribution >= 0.6 is 0 Å². The minimum Gasteiger partial charge on any atom is -0.338 e. The lowest BCUT2D eigenvalue weighted by Gasteiger charge is -2.25. The summed E-state index contributed by atoms with van der Waals surface area (Å²) in [4.78, 5) is 12.0. The molecular formula is C18H20F3N5O. The van der Waals surface area contributed by atoms with E-state index in [-0.39, 0.29) is 37.3 Å². The molecule has 0 radical (unpaired) electrons. The third-order valence-electron chi connectivity index (χ3n) is 5.12. The zero-order valence-corrected chi connectivity index (χ0v) is 14.6. The summed E-state index contributed by atoms with van der Waals surface area (Å²) in [6.45, 7) is 0.737. The first-order valence-corrected chi connectivity index (χ1v) is 9.02. The molecule has 2 amide bonds. The third kappa shape index (κ3) is 3.91. The Morgan fingerprint density at radius 2 is 2.00 bits per heavy atom. The first-order valence-electron chi connectivity index (χ1n) is 9.02. The molecule has 1 aliphatic carbocycles. The van der Waals surface area contributed by atoms with Crippen molar-refractivity contribution in [1.82, 2.24) is 25.4 Å². The average molecular weight is 379 g/mol. The minimum atomic E-state index is -2.55. The molecule has 6 nitrogen and oxygen atoms in total. The largest absolute Gasteiger partial charge is 0.338 e. The lowest BCUT2D eigenvalue weighted by Crippen LogP contribution is -2.46. The fourth-order valence-electron chi connectivity index (χ4n) is 3.44. The maximum atomic E-state index is 13.1. The zero-order valence-electron chi connectivity index (χ0n) is 14.6. The maximum absolute atomic E-state index is 13.1. The van der Waals surface area contributed by atoms with Crippen molar-refractivity contribution < 1.29 is 18.0 Å². The van der Waals surface area contributed by atoms with E-state index in [4.69, 9.17) is 0 Å². The van der Waals surface area contributed by atoms with Gasteiger partial charge in [0.15, 0.2) is 5.82 Å². The summed E-state index contributed by atoms with van der Waals surface area (Å²) in [5.41, 5.74) is 0.755. The van der Waals surface area contributed by atoms with E-state index in [0.717, 1.165) is 17.8 Å². The van der Waals surface area contributed by atoms with Crippen LogP contribution in [0.3, 0.4) is 0 Å². The van der Waals surface area contributed by atoms with Crippen LogP contribution in [0.5, 0.6) is 0 Å². The van der Waals surface area contributed by atoms with E-state index in [9.17, 15) is 18.0 Å². The van der Waals surface area contributed by atoms with Gasteiger partial charge in [0, 0.05) is 43.5 Å². The van der Waals surface area contributed by atoms with E-state index >= 15 is 0 Å². The predicted octanol–water partition coefficient (Wildman–Crippen LogP) is 2.74. The zero-order chi connectivity index (χ0) is 19.0. The van der Waals surface area contributed by atoms with E-state index in [1.54, 1.807) is 12.1 Å². The van der Waals surface area contributed by atoms with Crippen molar-refractivity contribution >= 4 is 6.03 Å². The molecule has 1 aromatic carbocycles. The normalized spacial score (nSPS) is 22.8. The molecule has 9 heteroatoms. The van der Waals surface area contributed by atoms with Gasteiger partial charge in [-0.3, -0.25) is 0 Å². The van der Waals surface area contributed by atoms with Crippen LogP contribution in [0.15, 0.2) is 24.3 Å². The first-order chi connectivity index (χ1) is 12.9. The quantitative estimate of drug-likeness (QED) is 0.839. The number of benzene rings is 1. The molecule has 4 rings (SSSR count). The Labute approximate surface area is 154 Å². The molecule has 1 aromatic heterocycles. The number of hydrogen-bond donors (Lipinski definition) is 2. The second-order valence-electron chi connectivity index (χ2n) is 7.14. The Morgan fingerprint density at radius 3 is 2.70 bits per heavy atom. The van der Waals surface area contributed by atoms with Crippen LogP contribution in [0, 0.1) is 11.7 Å². The molecule has 1 saturated carbocycles. The van der Waals surface area contributed by atoms with Crippen molar-refractivity contribution in [3.05, 3.63) is 35.9 Å². The summed E-state index contributed by atoms with van der Waals surface area (Å²) in [6, 6.07) is 5.55. The van der Waals surface area contributed by atoms with Crippen LogP contribution in [0.4, 0.5) is 18.0 Å². The standard InChI is InChI=1S/C18H20F3N5O/c19-13-3-1-11(2-4-13)16-25-24-15-6-5-14(10-26(15)16)23-17(27)22-8-7-12-9-18(12,20)21/h1-4,12,14H,5-10H2,(H2,22,23,27). The Hall–Kier alpha value is -2.58. The molecule has 0 bridgehead atoms. The van der Waals surface area contributed by atoms with Gasteiger partial charge in [-0.2, -0.15) is 0 Å². The smallest absolute Gasteiger partial charge is 0.315 e. The van der Waals surface area contributed by atoms with Crippen LogP contribution in [0.2, 0.25) is 0 Å². The highest BCUT2D eigenvalue weighted by Gasteiger charge is 2.55. The summed E-state index contributed by atoms with van der Waals surface area (Å²) in [6.07, 6.45) is 1.58. The number of nitrogens with one attached hydrogen (secondary N) is 2. The number of aryl methyl sites for hydroxylation is 1. The average Bonchev–Trinajstić information content (AvgIpc) is 3.04. The van der Waals surface area contributed by atoms with Crippen molar-refractivity contribution in [3.63, 3.8) is 0 Å². The molecule has 2 N–H and O–H groups in total. The number of urea groups is 1. The number of amides is 2.